The van der Waals surface area contributed by atoms with Gasteiger partial charge in [-0.15, -0.1) is 0 Å². The van der Waals surface area contributed by atoms with Crippen molar-refractivity contribution >= 4 is 15.9 Å². The van der Waals surface area contributed by atoms with Crippen LogP contribution in [0.2, 0.25) is 0 Å². The van der Waals surface area contributed by atoms with Crippen molar-refractivity contribution in [1.29, 1.82) is 0 Å². The minimum atomic E-state index is -0.336. The van der Waals surface area contributed by atoms with Crippen molar-refractivity contribution < 1.29 is 5.11 Å². The van der Waals surface area contributed by atoms with E-state index in [1.807, 2.05) is 13.1 Å². The van der Waals surface area contributed by atoms with Crippen molar-refractivity contribution in [3.05, 3.63) is 33.8 Å². The fraction of sp³-hybridized carbons (Fsp3) is 0.538. The molecule has 0 amide bonds. The van der Waals surface area contributed by atoms with Crippen LogP contribution in [0.1, 0.15) is 17.5 Å². The highest BCUT2D eigenvalue weighted by Gasteiger charge is 2.09. The van der Waals surface area contributed by atoms with E-state index in [0.717, 1.165) is 11.0 Å². The van der Waals surface area contributed by atoms with Crippen LogP contribution in [0, 0.1) is 6.92 Å². The lowest BCUT2D eigenvalue weighted by Gasteiger charge is -2.21. The molecule has 0 aliphatic rings. The summed E-state index contributed by atoms with van der Waals surface area (Å²) < 4.78 is 1.09. The van der Waals surface area contributed by atoms with Crippen molar-refractivity contribution in [1.82, 2.24) is 4.90 Å². The minimum absolute atomic E-state index is 0.336. The van der Waals surface area contributed by atoms with Gasteiger partial charge < -0.3 is 10.8 Å². The Morgan fingerprint density at radius 2 is 2.18 bits per heavy atom. The zero-order chi connectivity index (χ0) is 12.8. The Labute approximate surface area is 112 Å². The third-order valence-corrected chi connectivity index (χ3v) is 3.27. The lowest BCUT2D eigenvalue weighted by Crippen LogP contribution is -2.30. The molecule has 0 spiro atoms. The van der Waals surface area contributed by atoms with Gasteiger partial charge in [0.1, 0.15) is 0 Å². The van der Waals surface area contributed by atoms with Gasteiger partial charge in [0.25, 0.3) is 0 Å². The SMILES string of the molecule is Cc1ccc(Br)cc1CN(C)CC(O)CCN. The maximum Gasteiger partial charge on any atom is 0.0679 e. The molecule has 1 aromatic rings. The average Bonchev–Trinajstić information content (AvgIpc) is 2.23. The first-order valence-corrected chi connectivity index (χ1v) is 6.64. The average molecular weight is 301 g/mol. The predicted octanol–water partition coefficient (Wildman–Crippen LogP) is 1.90. The molecule has 0 fully saturated rings. The topological polar surface area (TPSA) is 49.5 Å². The molecule has 1 rings (SSSR count). The molecule has 3 nitrogen and oxygen atoms in total. The smallest absolute Gasteiger partial charge is 0.0679 e. The number of halogens is 1. The van der Waals surface area contributed by atoms with Gasteiger partial charge in [-0.25, -0.2) is 0 Å². The first kappa shape index (κ1) is 14.6. The summed E-state index contributed by atoms with van der Waals surface area (Å²) >= 11 is 3.48. The van der Waals surface area contributed by atoms with E-state index in [9.17, 15) is 5.11 Å². The van der Waals surface area contributed by atoms with E-state index in [1.165, 1.54) is 11.1 Å². The summed E-state index contributed by atoms with van der Waals surface area (Å²) in [5, 5.41) is 9.69. The number of hydrogen-bond donors (Lipinski definition) is 2. The summed E-state index contributed by atoms with van der Waals surface area (Å²) in [7, 11) is 2.01. The molecule has 0 radical (unpaired) electrons. The van der Waals surface area contributed by atoms with Gasteiger partial charge in [0, 0.05) is 17.6 Å². The quantitative estimate of drug-likeness (QED) is 0.844. The van der Waals surface area contributed by atoms with Gasteiger partial charge in [0.05, 0.1) is 6.10 Å². The molecular weight excluding hydrogens is 280 g/mol. The van der Waals surface area contributed by atoms with E-state index >= 15 is 0 Å². The molecule has 0 aliphatic carbocycles. The molecule has 4 heteroatoms. The fourth-order valence-corrected chi connectivity index (χ4v) is 2.22. The number of aliphatic hydroxyl groups is 1. The van der Waals surface area contributed by atoms with Crippen LogP contribution in [0.5, 0.6) is 0 Å². The zero-order valence-electron chi connectivity index (χ0n) is 10.5. The number of nitrogens with zero attached hydrogens (tertiary/aromatic N) is 1. The zero-order valence-corrected chi connectivity index (χ0v) is 12.1. The summed E-state index contributed by atoms with van der Waals surface area (Å²) in [5.41, 5.74) is 7.97. The maximum atomic E-state index is 9.69. The van der Waals surface area contributed by atoms with Crippen LogP contribution in [0.25, 0.3) is 0 Å². The number of hydrogen-bond acceptors (Lipinski definition) is 3. The second-order valence-corrected chi connectivity index (χ2v) is 5.41. The molecule has 0 bridgehead atoms. The van der Waals surface area contributed by atoms with Gasteiger partial charge in [-0.05, 0) is 50.2 Å². The highest BCUT2D eigenvalue weighted by Crippen LogP contribution is 2.17. The van der Waals surface area contributed by atoms with Crippen molar-refractivity contribution in [3.8, 4) is 0 Å². The summed E-state index contributed by atoms with van der Waals surface area (Å²) in [4.78, 5) is 2.12. The second-order valence-electron chi connectivity index (χ2n) is 4.50. The van der Waals surface area contributed by atoms with E-state index in [1.54, 1.807) is 0 Å². The van der Waals surface area contributed by atoms with E-state index in [2.05, 4.69) is 39.9 Å². The van der Waals surface area contributed by atoms with Gasteiger partial charge >= 0.3 is 0 Å². The molecule has 0 saturated heterocycles. The van der Waals surface area contributed by atoms with Gasteiger partial charge in [0.2, 0.25) is 0 Å². The van der Waals surface area contributed by atoms with Crippen molar-refractivity contribution in [2.45, 2.75) is 26.0 Å². The van der Waals surface area contributed by atoms with Crippen molar-refractivity contribution in [2.75, 3.05) is 20.1 Å². The van der Waals surface area contributed by atoms with Crippen LogP contribution < -0.4 is 5.73 Å². The molecular formula is C13H21BrN2O. The first-order chi connectivity index (χ1) is 8.02. The minimum Gasteiger partial charge on any atom is -0.392 e. The molecule has 0 aliphatic heterocycles. The maximum absolute atomic E-state index is 9.69. The van der Waals surface area contributed by atoms with Crippen LogP contribution in [0.4, 0.5) is 0 Å². The highest BCUT2D eigenvalue weighted by molar-refractivity contribution is 9.10. The summed E-state index contributed by atoms with van der Waals surface area (Å²) in [6, 6.07) is 6.27. The molecule has 1 aromatic carbocycles. The van der Waals surface area contributed by atoms with Crippen LogP contribution in [-0.2, 0) is 6.54 Å². The second kappa shape index (κ2) is 7.11. The number of aryl methyl sites for hydroxylation is 1. The van der Waals surface area contributed by atoms with Gasteiger partial charge in [0.15, 0.2) is 0 Å². The van der Waals surface area contributed by atoms with Crippen LogP contribution >= 0.6 is 15.9 Å². The predicted molar refractivity (Wildman–Crippen MR) is 74.9 cm³/mol. The number of likely N-dealkylation sites (N-methyl/N-ethyl adjacent to an activating group) is 1. The Balaban J connectivity index is 2.55. The Morgan fingerprint density at radius 1 is 1.47 bits per heavy atom. The molecule has 0 aromatic heterocycles. The van der Waals surface area contributed by atoms with Gasteiger partial charge in [-0.3, -0.25) is 4.90 Å². The number of rotatable bonds is 6. The lowest BCUT2D eigenvalue weighted by atomic mass is 10.1. The molecule has 1 unspecified atom stereocenters. The fourth-order valence-electron chi connectivity index (χ4n) is 1.81. The molecule has 1 atom stereocenters. The number of nitrogens with two attached hydrogens (primary N) is 1. The van der Waals surface area contributed by atoms with Crippen molar-refractivity contribution in [3.63, 3.8) is 0 Å². The summed E-state index contributed by atoms with van der Waals surface area (Å²) in [5.74, 6) is 0. The summed E-state index contributed by atoms with van der Waals surface area (Å²) in [6.07, 6.45) is 0.319. The number of aliphatic hydroxyl groups excluding tert-OH is 1. The normalized spacial score (nSPS) is 13.1. The monoisotopic (exact) mass is 300 g/mol. The molecule has 96 valence electrons. The van der Waals surface area contributed by atoms with E-state index < -0.39 is 0 Å². The summed E-state index contributed by atoms with van der Waals surface area (Å²) in [6.45, 7) is 4.13. The largest absolute Gasteiger partial charge is 0.392 e. The highest BCUT2D eigenvalue weighted by atomic mass is 79.9. The Kier molecular flexibility index (Phi) is 6.12. The van der Waals surface area contributed by atoms with Crippen LogP contribution in [0.3, 0.4) is 0 Å². The van der Waals surface area contributed by atoms with Crippen LogP contribution in [-0.4, -0.2) is 36.2 Å². The first-order valence-electron chi connectivity index (χ1n) is 5.84. The third-order valence-electron chi connectivity index (χ3n) is 2.77. The molecule has 17 heavy (non-hydrogen) atoms. The Bertz CT molecular complexity index is 357. The van der Waals surface area contributed by atoms with Crippen molar-refractivity contribution in [2.24, 2.45) is 5.73 Å². The standard InChI is InChI=1S/C13H21BrN2O/c1-10-3-4-12(14)7-11(10)8-16(2)9-13(17)5-6-15/h3-4,7,13,17H,5-6,8-9,15H2,1-2H3. The third kappa shape index (κ3) is 5.17. The lowest BCUT2D eigenvalue weighted by molar-refractivity contribution is 0.117. The van der Waals surface area contributed by atoms with E-state index in [-0.39, 0.29) is 6.10 Å². The van der Waals surface area contributed by atoms with Crippen LogP contribution in [0.15, 0.2) is 22.7 Å². The van der Waals surface area contributed by atoms with Gasteiger partial charge in [-0.1, -0.05) is 22.0 Å². The van der Waals surface area contributed by atoms with Gasteiger partial charge in [-0.2, -0.15) is 0 Å². The molecule has 0 saturated carbocycles. The number of benzene rings is 1. The van der Waals surface area contributed by atoms with E-state index in [4.69, 9.17) is 5.73 Å². The Morgan fingerprint density at radius 3 is 2.82 bits per heavy atom. The molecule has 0 heterocycles. The molecule has 3 N–H and O–H groups in total. The Hall–Kier alpha value is -0.420. The van der Waals surface area contributed by atoms with E-state index in [0.29, 0.717) is 19.5 Å².